The van der Waals surface area contributed by atoms with Crippen LogP contribution in [0.25, 0.3) is 0 Å². The summed E-state index contributed by atoms with van der Waals surface area (Å²) in [6.45, 7) is 0. The molecule has 2 aromatic carbocycles. The third-order valence-electron chi connectivity index (χ3n) is 5.23. The summed E-state index contributed by atoms with van der Waals surface area (Å²) in [6, 6.07) is 13.7. The fourth-order valence-electron chi connectivity index (χ4n) is 4.05. The first kappa shape index (κ1) is 18.6. The lowest BCUT2D eigenvalue weighted by atomic mass is 9.77. The van der Waals surface area contributed by atoms with Gasteiger partial charge in [-0.1, -0.05) is 34.1 Å². The van der Waals surface area contributed by atoms with E-state index in [1.54, 1.807) is 12.1 Å². The van der Waals surface area contributed by atoms with Crippen LogP contribution >= 0.6 is 15.9 Å². The van der Waals surface area contributed by atoms with Crippen molar-refractivity contribution in [3.63, 3.8) is 0 Å². The summed E-state index contributed by atoms with van der Waals surface area (Å²) in [7, 11) is 0. The Hall–Kier alpha value is -2.80. The Balaban J connectivity index is 1.86. The molecule has 1 unspecified atom stereocenters. The monoisotopic (exact) mass is 440 g/mol. The zero-order valence-electron chi connectivity index (χ0n) is 14.9. The molecule has 1 heterocycles. The summed E-state index contributed by atoms with van der Waals surface area (Å²) in [5, 5.41) is 11.2. The number of nitro groups is 1. The van der Waals surface area contributed by atoms with Crippen molar-refractivity contribution in [1.82, 2.24) is 0 Å². The third-order valence-corrected chi connectivity index (χ3v) is 5.72. The van der Waals surface area contributed by atoms with Gasteiger partial charge < -0.3 is 0 Å². The highest BCUT2D eigenvalue weighted by Gasteiger charge is 2.39. The Morgan fingerprint density at radius 1 is 1.07 bits per heavy atom. The predicted molar refractivity (Wildman–Crippen MR) is 108 cm³/mol. The van der Waals surface area contributed by atoms with Gasteiger partial charge in [-0.05, 0) is 36.6 Å². The van der Waals surface area contributed by atoms with Gasteiger partial charge in [0.25, 0.3) is 5.69 Å². The van der Waals surface area contributed by atoms with Gasteiger partial charge in [0, 0.05) is 46.6 Å². The zero-order valence-corrected chi connectivity index (χ0v) is 16.5. The van der Waals surface area contributed by atoms with Crippen LogP contribution in [-0.4, -0.2) is 16.6 Å². The number of allylic oxidation sites excluding steroid dienone is 2. The number of carbonyl (C=O) groups excluding carboxylic acids is 2. The molecule has 0 aromatic heterocycles. The molecule has 0 bridgehead atoms. The van der Waals surface area contributed by atoms with Gasteiger partial charge >= 0.3 is 0 Å². The molecular weight excluding hydrogens is 424 g/mol. The second kappa shape index (κ2) is 7.31. The van der Waals surface area contributed by atoms with Crippen molar-refractivity contribution in [2.24, 2.45) is 0 Å². The van der Waals surface area contributed by atoms with Crippen LogP contribution in [0.3, 0.4) is 0 Å². The highest BCUT2D eigenvalue weighted by Crippen LogP contribution is 2.44. The molecule has 0 radical (unpaired) electrons. The fraction of sp³-hybridized carbons (Fsp3) is 0.238. The number of benzene rings is 2. The normalized spacial score (nSPS) is 19.6. The van der Waals surface area contributed by atoms with Gasteiger partial charge in [-0.3, -0.25) is 24.6 Å². The van der Waals surface area contributed by atoms with Crippen molar-refractivity contribution >= 4 is 39.0 Å². The van der Waals surface area contributed by atoms with Crippen LogP contribution in [0.5, 0.6) is 0 Å². The molecule has 0 N–H and O–H groups in total. The van der Waals surface area contributed by atoms with Crippen molar-refractivity contribution in [2.75, 3.05) is 4.90 Å². The number of rotatable bonds is 3. The van der Waals surface area contributed by atoms with Gasteiger partial charge in [0.1, 0.15) is 0 Å². The van der Waals surface area contributed by atoms with E-state index in [1.165, 1.54) is 17.0 Å². The Kier molecular flexibility index (Phi) is 4.85. The molecule has 2 aliphatic rings. The Labute approximate surface area is 170 Å². The Morgan fingerprint density at radius 3 is 2.61 bits per heavy atom. The topological polar surface area (TPSA) is 80.5 Å². The average Bonchev–Trinajstić information content (AvgIpc) is 2.67. The van der Waals surface area contributed by atoms with Gasteiger partial charge in [0.15, 0.2) is 5.78 Å². The number of anilines is 1. The summed E-state index contributed by atoms with van der Waals surface area (Å²) in [5.41, 5.74) is 2.62. The van der Waals surface area contributed by atoms with Gasteiger partial charge in [-0.2, -0.15) is 0 Å². The predicted octanol–water partition coefficient (Wildman–Crippen LogP) is 4.88. The molecule has 2 aromatic rings. The van der Waals surface area contributed by atoms with E-state index < -0.39 is 4.92 Å². The number of ketones is 1. The molecule has 6 nitrogen and oxygen atoms in total. The van der Waals surface area contributed by atoms with Crippen LogP contribution < -0.4 is 4.90 Å². The minimum Gasteiger partial charge on any atom is -0.294 e. The number of nitrogens with zero attached hydrogens (tertiary/aromatic N) is 2. The summed E-state index contributed by atoms with van der Waals surface area (Å²) in [6.07, 6.45) is 1.88. The standard InChI is InChI=1S/C21H17BrN2O4/c22-14-5-1-4-13(10-14)17-12-20(26)23(18-8-3-9-19(25)21(17)18)15-6-2-7-16(11-15)24(27)28/h1-2,4-7,10-11,17H,3,8-9,12H2. The van der Waals surface area contributed by atoms with E-state index in [2.05, 4.69) is 15.9 Å². The van der Waals surface area contributed by atoms with Crippen molar-refractivity contribution in [1.29, 1.82) is 0 Å². The first-order valence-corrected chi connectivity index (χ1v) is 9.84. The van der Waals surface area contributed by atoms with E-state index in [0.29, 0.717) is 36.2 Å². The maximum absolute atomic E-state index is 13.1. The van der Waals surface area contributed by atoms with Crippen LogP contribution in [0.4, 0.5) is 11.4 Å². The molecule has 1 aliphatic carbocycles. The highest BCUT2D eigenvalue weighted by molar-refractivity contribution is 9.10. The number of nitro benzene ring substituents is 1. The second-order valence-corrected chi connectivity index (χ2v) is 7.87. The van der Waals surface area contributed by atoms with Crippen LogP contribution in [-0.2, 0) is 9.59 Å². The van der Waals surface area contributed by atoms with E-state index in [4.69, 9.17) is 0 Å². The van der Waals surface area contributed by atoms with Gasteiger partial charge in [-0.25, -0.2) is 0 Å². The number of Topliss-reactive ketones (excluding diaryl/α,β-unsaturated/α-hetero) is 1. The van der Waals surface area contributed by atoms with E-state index >= 15 is 0 Å². The van der Waals surface area contributed by atoms with Gasteiger partial charge in [0.05, 0.1) is 10.6 Å². The summed E-state index contributed by atoms with van der Waals surface area (Å²) in [5.74, 6) is -0.393. The molecule has 28 heavy (non-hydrogen) atoms. The van der Waals surface area contributed by atoms with Gasteiger partial charge in [-0.15, -0.1) is 0 Å². The second-order valence-electron chi connectivity index (χ2n) is 6.95. The number of carbonyl (C=O) groups is 2. The Bertz CT molecular complexity index is 1030. The Morgan fingerprint density at radius 2 is 1.86 bits per heavy atom. The average molecular weight is 441 g/mol. The van der Waals surface area contributed by atoms with Crippen LogP contribution in [0.15, 0.2) is 64.3 Å². The third kappa shape index (κ3) is 3.26. The first-order chi connectivity index (χ1) is 13.5. The van der Waals surface area contributed by atoms with Crippen LogP contribution in [0.2, 0.25) is 0 Å². The fourth-order valence-corrected chi connectivity index (χ4v) is 4.46. The molecule has 4 rings (SSSR count). The van der Waals surface area contributed by atoms with Crippen molar-refractivity contribution in [2.45, 2.75) is 31.6 Å². The molecule has 1 amide bonds. The molecule has 0 spiro atoms. The lowest BCUT2D eigenvalue weighted by Gasteiger charge is -2.38. The van der Waals surface area contributed by atoms with E-state index in [-0.39, 0.29) is 29.7 Å². The molecule has 0 saturated heterocycles. The van der Waals surface area contributed by atoms with Crippen LogP contribution in [0, 0.1) is 10.1 Å². The maximum atomic E-state index is 13.1. The van der Waals surface area contributed by atoms with E-state index in [0.717, 1.165) is 10.0 Å². The van der Waals surface area contributed by atoms with E-state index in [9.17, 15) is 19.7 Å². The van der Waals surface area contributed by atoms with Crippen molar-refractivity contribution in [3.05, 3.63) is 80.0 Å². The summed E-state index contributed by atoms with van der Waals surface area (Å²) < 4.78 is 0.893. The first-order valence-electron chi connectivity index (χ1n) is 9.05. The smallest absolute Gasteiger partial charge is 0.271 e. The molecule has 7 heteroatoms. The summed E-state index contributed by atoms with van der Waals surface area (Å²) in [4.78, 5) is 38.1. The number of non-ortho nitro benzene ring substituents is 1. The van der Waals surface area contributed by atoms with Crippen molar-refractivity contribution < 1.29 is 14.5 Å². The molecule has 142 valence electrons. The van der Waals surface area contributed by atoms with Crippen molar-refractivity contribution in [3.8, 4) is 0 Å². The van der Waals surface area contributed by atoms with Crippen LogP contribution in [0.1, 0.15) is 37.2 Å². The number of hydrogen-bond donors (Lipinski definition) is 0. The quantitative estimate of drug-likeness (QED) is 0.502. The lowest BCUT2D eigenvalue weighted by molar-refractivity contribution is -0.384. The maximum Gasteiger partial charge on any atom is 0.271 e. The number of halogens is 1. The zero-order chi connectivity index (χ0) is 19.8. The minimum atomic E-state index is -0.483. The molecular formula is C21H17BrN2O4. The SMILES string of the molecule is O=C1CCCC2=C1C(c1cccc(Br)c1)CC(=O)N2c1cccc([N+](=O)[O-])c1. The molecule has 1 aliphatic heterocycles. The molecule has 0 fully saturated rings. The largest absolute Gasteiger partial charge is 0.294 e. The summed E-state index contributed by atoms with van der Waals surface area (Å²) >= 11 is 3.46. The molecule has 1 atom stereocenters. The minimum absolute atomic E-state index is 0.0501. The number of hydrogen-bond acceptors (Lipinski definition) is 4. The lowest BCUT2D eigenvalue weighted by Crippen LogP contribution is -2.40. The highest BCUT2D eigenvalue weighted by atomic mass is 79.9. The van der Waals surface area contributed by atoms with Gasteiger partial charge in [0.2, 0.25) is 5.91 Å². The molecule has 0 saturated carbocycles. The number of amides is 1. The van der Waals surface area contributed by atoms with E-state index in [1.807, 2.05) is 24.3 Å².